The van der Waals surface area contributed by atoms with Gasteiger partial charge < -0.3 is 10.5 Å². The summed E-state index contributed by atoms with van der Waals surface area (Å²) >= 11 is 0. The Hall–Kier alpha value is -1.00. The molecule has 1 aromatic rings. The molecule has 0 bridgehead atoms. The van der Waals surface area contributed by atoms with E-state index in [-0.39, 0.29) is 5.60 Å². The van der Waals surface area contributed by atoms with Crippen molar-refractivity contribution >= 4 is 0 Å². The normalized spacial score (nSPS) is 19.9. The highest BCUT2D eigenvalue weighted by Gasteiger charge is 2.35. The van der Waals surface area contributed by atoms with Crippen LogP contribution < -0.4 is 5.73 Å². The van der Waals surface area contributed by atoms with Gasteiger partial charge in [-0.3, -0.25) is 0 Å². The SMILES string of the molecule is COC1(c2nccc(CN)n2)CCCCCC1. The smallest absolute Gasteiger partial charge is 0.160 e. The lowest BCUT2D eigenvalue weighted by molar-refractivity contribution is -0.0353. The van der Waals surface area contributed by atoms with E-state index < -0.39 is 0 Å². The number of hydrogen-bond donors (Lipinski definition) is 1. The van der Waals surface area contributed by atoms with Gasteiger partial charge in [0.15, 0.2) is 5.82 Å². The highest BCUT2D eigenvalue weighted by molar-refractivity contribution is 5.09. The van der Waals surface area contributed by atoms with E-state index in [1.54, 1.807) is 13.3 Å². The van der Waals surface area contributed by atoms with Crippen LogP contribution in [0.3, 0.4) is 0 Å². The van der Waals surface area contributed by atoms with E-state index in [0.717, 1.165) is 24.4 Å². The summed E-state index contributed by atoms with van der Waals surface area (Å²) in [6.07, 6.45) is 8.74. The molecule has 0 amide bonds. The molecule has 4 nitrogen and oxygen atoms in total. The maximum Gasteiger partial charge on any atom is 0.160 e. The zero-order valence-electron chi connectivity index (χ0n) is 10.5. The molecule has 2 rings (SSSR count). The van der Waals surface area contributed by atoms with E-state index >= 15 is 0 Å². The van der Waals surface area contributed by atoms with Gasteiger partial charge in [-0.2, -0.15) is 0 Å². The second-order valence-electron chi connectivity index (χ2n) is 4.69. The summed E-state index contributed by atoms with van der Waals surface area (Å²) in [5.74, 6) is 0.810. The van der Waals surface area contributed by atoms with E-state index in [0.29, 0.717) is 6.54 Å². The Morgan fingerprint density at radius 1 is 1.29 bits per heavy atom. The van der Waals surface area contributed by atoms with Crippen LogP contribution in [0.15, 0.2) is 12.3 Å². The maximum atomic E-state index is 5.78. The number of aromatic nitrogens is 2. The Labute approximate surface area is 103 Å². The first-order valence-electron chi connectivity index (χ1n) is 6.38. The molecule has 0 radical (unpaired) electrons. The fraction of sp³-hybridized carbons (Fsp3) is 0.692. The molecule has 2 N–H and O–H groups in total. The Balaban J connectivity index is 2.31. The Kier molecular flexibility index (Phi) is 4.07. The molecule has 0 saturated heterocycles. The molecule has 0 atom stereocenters. The minimum Gasteiger partial charge on any atom is -0.370 e. The first-order chi connectivity index (χ1) is 8.30. The topological polar surface area (TPSA) is 61.0 Å². The first-order valence-corrected chi connectivity index (χ1v) is 6.38. The predicted molar refractivity (Wildman–Crippen MR) is 66.3 cm³/mol. The third-order valence-electron chi connectivity index (χ3n) is 3.63. The second kappa shape index (κ2) is 5.56. The lowest BCUT2D eigenvalue weighted by Gasteiger charge is -2.29. The highest BCUT2D eigenvalue weighted by atomic mass is 16.5. The average molecular weight is 235 g/mol. The van der Waals surface area contributed by atoms with Crippen molar-refractivity contribution in [3.8, 4) is 0 Å². The van der Waals surface area contributed by atoms with Crippen LogP contribution >= 0.6 is 0 Å². The molecule has 1 heterocycles. The zero-order valence-corrected chi connectivity index (χ0v) is 10.5. The lowest BCUT2D eigenvalue weighted by Crippen LogP contribution is -2.30. The summed E-state index contributed by atoms with van der Waals surface area (Å²) < 4.78 is 5.78. The summed E-state index contributed by atoms with van der Waals surface area (Å²) in [5.41, 5.74) is 6.23. The first kappa shape index (κ1) is 12.5. The molecule has 0 aromatic carbocycles. The lowest BCUT2D eigenvalue weighted by atomic mass is 9.93. The van der Waals surface area contributed by atoms with Crippen LogP contribution in [0.25, 0.3) is 0 Å². The van der Waals surface area contributed by atoms with Gasteiger partial charge in [-0.05, 0) is 18.9 Å². The molecule has 0 spiro atoms. The van der Waals surface area contributed by atoms with Crippen molar-refractivity contribution in [1.29, 1.82) is 0 Å². The fourth-order valence-corrected chi connectivity index (χ4v) is 2.55. The van der Waals surface area contributed by atoms with Crippen LogP contribution in [-0.2, 0) is 16.9 Å². The van der Waals surface area contributed by atoms with Gasteiger partial charge in [0.25, 0.3) is 0 Å². The monoisotopic (exact) mass is 235 g/mol. The van der Waals surface area contributed by atoms with Crippen LogP contribution in [-0.4, -0.2) is 17.1 Å². The van der Waals surface area contributed by atoms with Gasteiger partial charge in [-0.25, -0.2) is 9.97 Å². The van der Waals surface area contributed by atoms with E-state index in [9.17, 15) is 0 Å². The molecular weight excluding hydrogens is 214 g/mol. The van der Waals surface area contributed by atoms with E-state index in [1.807, 2.05) is 6.07 Å². The molecule has 1 fully saturated rings. The van der Waals surface area contributed by atoms with Gasteiger partial charge >= 0.3 is 0 Å². The summed E-state index contributed by atoms with van der Waals surface area (Å²) in [4.78, 5) is 8.94. The Morgan fingerprint density at radius 2 is 2.00 bits per heavy atom. The number of ether oxygens (including phenoxy) is 1. The van der Waals surface area contributed by atoms with Gasteiger partial charge in [0.05, 0.1) is 5.69 Å². The number of nitrogens with zero attached hydrogens (tertiary/aromatic N) is 2. The second-order valence-corrected chi connectivity index (χ2v) is 4.69. The van der Waals surface area contributed by atoms with Gasteiger partial charge in [0, 0.05) is 19.9 Å². The maximum absolute atomic E-state index is 5.78. The van der Waals surface area contributed by atoms with Crippen LogP contribution in [0.5, 0.6) is 0 Å². The van der Waals surface area contributed by atoms with Crippen LogP contribution in [0, 0.1) is 0 Å². The quantitative estimate of drug-likeness (QED) is 0.815. The summed E-state index contributed by atoms with van der Waals surface area (Å²) in [5, 5.41) is 0. The van der Waals surface area contributed by atoms with Crippen LogP contribution in [0.1, 0.15) is 50.0 Å². The minimum absolute atomic E-state index is 0.290. The van der Waals surface area contributed by atoms with E-state index in [4.69, 9.17) is 10.5 Å². The third kappa shape index (κ3) is 2.64. The van der Waals surface area contributed by atoms with Crippen molar-refractivity contribution in [1.82, 2.24) is 9.97 Å². The van der Waals surface area contributed by atoms with Crippen molar-refractivity contribution in [2.75, 3.05) is 7.11 Å². The summed E-state index contributed by atoms with van der Waals surface area (Å²) in [6.45, 7) is 0.454. The molecule has 4 heteroatoms. The number of hydrogen-bond acceptors (Lipinski definition) is 4. The molecule has 1 aliphatic carbocycles. The Bertz CT molecular complexity index is 359. The standard InChI is InChI=1S/C13H21N3O/c1-17-13(7-4-2-3-5-8-13)12-15-9-6-11(10-14)16-12/h6,9H,2-5,7-8,10,14H2,1H3. The van der Waals surface area contributed by atoms with E-state index in [2.05, 4.69) is 9.97 Å². The molecule has 0 aliphatic heterocycles. The largest absolute Gasteiger partial charge is 0.370 e. The highest BCUT2D eigenvalue weighted by Crippen LogP contribution is 2.36. The van der Waals surface area contributed by atoms with Gasteiger partial charge in [0.1, 0.15) is 5.60 Å². The molecule has 0 unspecified atom stereocenters. The van der Waals surface area contributed by atoms with Crippen molar-refractivity contribution < 1.29 is 4.74 Å². The molecule has 1 aliphatic rings. The summed E-state index contributed by atoms with van der Waals surface area (Å²) in [6, 6.07) is 1.86. The van der Waals surface area contributed by atoms with Crippen molar-refractivity contribution in [2.45, 2.75) is 50.7 Å². The van der Waals surface area contributed by atoms with Crippen LogP contribution in [0.4, 0.5) is 0 Å². The average Bonchev–Trinajstić information content (AvgIpc) is 2.65. The molecule has 1 aromatic heterocycles. The molecule has 94 valence electrons. The number of rotatable bonds is 3. The van der Waals surface area contributed by atoms with Gasteiger partial charge in [0.2, 0.25) is 0 Å². The molecule has 1 saturated carbocycles. The predicted octanol–water partition coefficient (Wildman–Crippen LogP) is 2.13. The van der Waals surface area contributed by atoms with Gasteiger partial charge in [-0.1, -0.05) is 25.7 Å². The van der Waals surface area contributed by atoms with E-state index in [1.165, 1.54) is 25.7 Å². The van der Waals surface area contributed by atoms with Crippen molar-refractivity contribution in [2.24, 2.45) is 5.73 Å². The number of nitrogens with two attached hydrogens (primary N) is 1. The molecular formula is C13H21N3O. The van der Waals surface area contributed by atoms with Crippen molar-refractivity contribution in [3.63, 3.8) is 0 Å². The van der Waals surface area contributed by atoms with Crippen LogP contribution in [0.2, 0.25) is 0 Å². The van der Waals surface area contributed by atoms with Gasteiger partial charge in [-0.15, -0.1) is 0 Å². The van der Waals surface area contributed by atoms with Crippen molar-refractivity contribution in [3.05, 3.63) is 23.8 Å². The third-order valence-corrected chi connectivity index (χ3v) is 3.63. The summed E-state index contributed by atoms with van der Waals surface area (Å²) in [7, 11) is 1.77. The molecule has 17 heavy (non-hydrogen) atoms. The number of methoxy groups -OCH3 is 1. The fourth-order valence-electron chi connectivity index (χ4n) is 2.55. The Morgan fingerprint density at radius 3 is 2.59 bits per heavy atom. The minimum atomic E-state index is -0.290. The zero-order chi connectivity index (χ0) is 12.1.